The van der Waals surface area contributed by atoms with Gasteiger partial charge in [-0.15, -0.1) is 0 Å². The summed E-state index contributed by atoms with van der Waals surface area (Å²) >= 11 is 0. The van der Waals surface area contributed by atoms with Gasteiger partial charge in [0.2, 0.25) is 23.5 Å². The van der Waals surface area contributed by atoms with Crippen LogP contribution in [0.2, 0.25) is 0 Å². The van der Waals surface area contributed by atoms with Crippen molar-refractivity contribution in [3.05, 3.63) is 75.3 Å². The molecule has 57 heavy (non-hydrogen) atoms. The van der Waals surface area contributed by atoms with E-state index in [9.17, 15) is 39.2 Å². The van der Waals surface area contributed by atoms with Crippen molar-refractivity contribution >= 4 is 35.5 Å². The van der Waals surface area contributed by atoms with Crippen LogP contribution in [0.4, 0.5) is 10.5 Å². The van der Waals surface area contributed by atoms with Crippen molar-refractivity contribution < 1.29 is 52.9 Å². The number of alkyl carbamates (subject to hydrolysis) is 1. The van der Waals surface area contributed by atoms with E-state index in [0.29, 0.717) is 23.1 Å². The van der Waals surface area contributed by atoms with Crippen molar-refractivity contribution in [2.45, 2.75) is 90.1 Å². The number of nitro groups is 1. The number of benzene rings is 3. The third kappa shape index (κ3) is 9.89. The molecule has 0 aromatic heterocycles. The Morgan fingerprint density at radius 3 is 2.25 bits per heavy atom. The first kappa shape index (κ1) is 41.8. The molecule has 0 spiro atoms. The van der Waals surface area contributed by atoms with Crippen LogP contribution in [-0.4, -0.2) is 83.8 Å². The Balaban J connectivity index is 1.77. The maximum absolute atomic E-state index is 14.2. The highest BCUT2D eigenvalue weighted by molar-refractivity contribution is 5.95. The molecule has 17 heteroatoms. The summed E-state index contributed by atoms with van der Waals surface area (Å²) in [7, 11) is 2.53. The normalized spacial score (nSPS) is 20.3. The van der Waals surface area contributed by atoms with Crippen LogP contribution in [-0.2, 0) is 47.9 Å². The first-order chi connectivity index (χ1) is 26.9. The zero-order valence-corrected chi connectivity index (χ0v) is 32.7. The second kappa shape index (κ2) is 17.2. The molecule has 0 saturated heterocycles. The summed E-state index contributed by atoms with van der Waals surface area (Å²) in [5.41, 5.74) is 0.109. The fourth-order valence-corrected chi connectivity index (χ4v) is 6.60. The molecule has 0 radical (unpaired) electrons. The molecule has 3 aliphatic rings. The molecule has 6 rings (SSSR count). The highest BCUT2D eigenvalue weighted by atomic mass is 16.6. The zero-order valence-electron chi connectivity index (χ0n) is 32.7. The van der Waals surface area contributed by atoms with Crippen LogP contribution in [0.3, 0.4) is 0 Å². The number of carbonyl (C=O) groups excluding carboxylic acids is 5. The molecule has 8 bridgehead atoms. The van der Waals surface area contributed by atoms with Crippen LogP contribution in [0, 0.1) is 16.0 Å². The number of phenols is 1. The SMILES string of the molecule is CC[C@H](C)[C@@H]1NC(=O)[C@@H](NC(=O)OC(C)(C)C)Cc2ccc(OC)c(c2)-c2cc3cc(c2O)Oc2ccc(cc2[N+](=O)[O-])C[C@@H](C(=O)OC)NC(=O)[C@@H](C3)NC1=O. The van der Waals surface area contributed by atoms with E-state index in [0.717, 1.165) is 7.11 Å². The Bertz CT molecular complexity index is 2080. The smallest absolute Gasteiger partial charge is 0.408 e. The number of nitrogens with zero attached hydrogens (tertiary/aromatic N) is 1. The van der Waals surface area contributed by atoms with Crippen LogP contribution in [0.15, 0.2) is 48.5 Å². The third-order valence-electron chi connectivity index (χ3n) is 9.68. The zero-order chi connectivity index (χ0) is 41.8. The monoisotopic (exact) mass is 789 g/mol. The molecule has 17 nitrogen and oxygen atoms in total. The van der Waals surface area contributed by atoms with Gasteiger partial charge in [-0.1, -0.05) is 32.4 Å². The maximum atomic E-state index is 14.2. The van der Waals surface area contributed by atoms with Crippen LogP contribution in [0.1, 0.15) is 57.7 Å². The number of fused-ring (bicyclic) bond motifs is 9. The fraction of sp³-hybridized carbons (Fsp3) is 0.425. The van der Waals surface area contributed by atoms with Gasteiger partial charge in [0.25, 0.3) is 0 Å². The summed E-state index contributed by atoms with van der Waals surface area (Å²) in [5, 5.41) is 34.9. The van der Waals surface area contributed by atoms with E-state index in [1.165, 1.54) is 31.4 Å². The van der Waals surface area contributed by atoms with Crippen LogP contribution >= 0.6 is 0 Å². The number of nitro benzene ring substituents is 1. The molecule has 5 atom stereocenters. The average Bonchev–Trinajstić information content (AvgIpc) is 3.15. The van der Waals surface area contributed by atoms with Gasteiger partial charge in [-0.3, -0.25) is 24.5 Å². The second-order valence-electron chi connectivity index (χ2n) is 15.0. The molecule has 0 saturated carbocycles. The number of rotatable bonds is 6. The van der Waals surface area contributed by atoms with Gasteiger partial charge in [-0.2, -0.15) is 0 Å². The number of nitrogens with one attached hydrogen (secondary N) is 4. The van der Waals surface area contributed by atoms with E-state index < -0.39 is 81.8 Å². The molecule has 304 valence electrons. The quantitative estimate of drug-likeness (QED) is 0.136. The number of carbonyl (C=O) groups is 5. The molecule has 3 aromatic rings. The molecule has 3 heterocycles. The number of hydrogen-bond acceptors (Lipinski definition) is 12. The lowest BCUT2D eigenvalue weighted by atomic mass is 9.94. The maximum Gasteiger partial charge on any atom is 0.408 e. The average molecular weight is 790 g/mol. The van der Waals surface area contributed by atoms with Crippen molar-refractivity contribution in [2.24, 2.45) is 5.92 Å². The number of amides is 4. The molecule has 4 amide bonds. The molecule has 0 fully saturated rings. The van der Waals surface area contributed by atoms with Gasteiger partial charge >= 0.3 is 17.7 Å². The Hall–Kier alpha value is -6.39. The Labute approximate surface area is 328 Å². The summed E-state index contributed by atoms with van der Waals surface area (Å²) in [4.78, 5) is 80.3. The number of hydrogen-bond donors (Lipinski definition) is 5. The lowest BCUT2D eigenvalue weighted by Crippen LogP contribution is -2.60. The van der Waals surface area contributed by atoms with Crippen molar-refractivity contribution in [1.29, 1.82) is 0 Å². The predicted octanol–water partition coefficient (Wildman–Crippen LogP) is 3.99. The third-order valence-corrected chi connectivity index (χ3v) is 9.68. The first-order valence-electron chi connectivity index (χ1n) is 18.4. The van der Waals surface area contributed by atoms with E-state index >= 15 is 0 Å². The largest absolute Gasteiger partial charge is 0.504 e. The van der Waals surface area contributed by atoms with E-state index in [4.69, 9.17) is 18.9 Å². The summed E-state index contributed by atoms with van der Waals surface area (Å²) in [6.07, 6.45) is -1.05. The van der Waals surface area contributed by atoms with Gasteiger partial charge in [-0.25, -0.2) is 9.59 Å². The minimum atomic E-state index is -1.40. The van der Waals surface area contributed by atoms with E-state index in [1.54, 1.807) is 52.0 Å². The topological polar surface area (TPSA) is 234 Å². The van der Waals surface area contributed by atoms with E-state index in [-0.39, 0.29) is 47.6 Å². The molecular weight excluding hydrogens is 742 g/mol. The van der Waals surface area contributed by atoms with Gasteiger partial charge in [0.15, 0.2) is 11.5 Å². The van der Waals surface area contributed by atoms with Crippen LogP contribution in [0.5, 0.6) is 23.0 Å². The Kier molecular flexibility index (Phi) is 12.6. The van der Waals surface area contributed by atoms with Gasteiger partial charge < -0.3 is 45.3 Å². The minimum absolute atomic E-state index is 0.110. The van der Waals surface area contributed by atoms with E-state index in [1.807, 2.05) is 6.92 Å². The molecular formula is C40H47N5O12. The Morgan fingerprint density at radius 1 is 0.912 bits per heavy atom. The number of aromatic hydroxyl groups is 1. The number of esters is 1. The lowest BCUT2D eigenvalue weighted by molar-refractivity contribution is -0.385. The van der Waals surface area contributed by atoms with Crippen molar-refractivity contribution in [3.8, 4) is 34.1 Å². The molecule has 5 N–H and O–H groups in total. The van der Waals surface area contributed by atoms with Crippen molar-refractivity contribution in [3.63, 3.8) is 0 Å². The van der Waals surface area contributed by atoms with Gasteiger partial charge in [0.05, 0.1) is 19.1 Å². The molecule has 3 aliphatic heterocycles. The molecule has 0 unspecified atom stereocenters. The first-order valence-corrected chi connectivity index (χ1v) is 18.4. The number of phenolic OH excluding ortho intramolecular Hbond substituents is 1. The molecule has 3 aromatic carbocycles. The number of ether oxygens (including phenoxy) is 4. The summed E-state index contributed by atoms with van der Waals surface area (Å²) in [6, 6.07) is 6.58. The van der Waals surface area contributed by atoms with Gasteiger partial charge in [0, 0.05) is 36.5 Å². The van der Waals surface area contributed by atoms with Gasteiger partial charge in [0.1, 0.15) is 35.5 Å². The fourth-order valence-electron chi connectivity index (χ4n) is 6.60. The molecule has 0 aliphatic carbocycles. The summed E-state index contributed by atoms with van der Waals surface area (Å²) < 4.78 is 22.2. The second-order valence-corrected chi connectivity index (χ2v) is 15.0. The van der Waals surface area contributed by atoms with Crippen LogP contribution < -0.4 is 30.7 Å². The van der Waals surface area contributed by atoms with Crippen LogP contribution in [0.25, 0.3) is 11.1 Å². The van der Waals surface area contributed by atoms with Crippen molar-refractivity contribution in [2.75, 3.05) is 14.2 Å². The lowest BCUT2D eigenvalue weighted by Gasteiger charge is -2.29. The summed E-state index contributed by atoms with van der Waals surface area (Å²) in [5.74, 6) is -4.22. The standard InChI is InChI=1S/C40H47N5O12/c1-8-20(2)33-37(49)41-26-17-23-14-25(24-13-21(9-11-30(24)54-6)15-27(36(48)44-33)43-39(51)57-40(3,4)5)34(46)32(19-23)56-31-12-10-22(18-29(31)45(52)53)16-28(38(50)55-7)42-35(26)47/h9-14,18-20,26-28,33,46H,8,15-17H2,1-7H3,(H,41,49)(H,42,47)(H,43,51)(H,44,48)/t20-,26+,27-,28-,33-/m0/s1. The highest BCUT2D eigenvalue weighted by Crippen LogP contribution is 2.45. The van der Waals surface area contributed by atoms with E-state index in [2.05, 4.69) is 21.3 Å². The van der Waals surface area contributed by atoms with Gasteiger partial charge in [-0.05, 0) is 73.7 Å². The predicted molar refractivity (Wildman–Crippen MR) is 205 cm³/mol. The van der Waals surface area contributed by atoms with Crippen molar-refractivity contribution in [1.82, 2.24) is 21.3 Å². The summed E-state index contributed by atoms with van der Waals surface area (Å²) in [6.45, 7) is 8.56. The number of methoxy groups -OCH3 is 2. The Morgan fingerprint density at radius 2 is 1.60 bits per heavy atom. The highest BCUT2D eigenvalue weighted by Gasteiger charge is 2.36. The minimum Gasteiger partial charge on any atom is -0.504 e.